The Balaban J connectivity index is 0.00000323. The fraction of sp³-hybridized carbons (Fsp3) is 0.533. The van der Waals surface area contributed by atoms with Gasteiger partial charge in [0.1, 0.15) is 17.5 Å². The number of rotatable bonds is 3. The molecule has 1 unspecified atom stereocenters. The third-order valence-electron chi connectivity index (χ3n) is 9.46. The molecule has 0 spiro atoms. The second-order valence-corrected chi connectivity index (χ2v) is 11.8. The Bertz CT molecular complexity index is 1440. The molecule has 2 bridgehead atoms. The molecule has 209 valence electrons. The van der Waals surface area contributed by atoms with Crippen LogP contribution in [-0.4, -0.2) is 64.4 Å². The molecule has 0 saturated carbocycles. The van der Waals surface area contributed by atoms with Gasteiger partial charge in [0, 0.05) is 90.9 Å². The number of aromatic hydroxyl groups is 2. The number of carbonyl (C=O) groups is 1. The van der Waals surface area contributed by atoms with E-state index in [0.29, 0.717) is 35.7 Å². The summed E-state index contributed by atoms with van der Waals surface area (Å²) < 4.78 is 11.7. The summed E-state index contributed by atoms with van der Waals surface area (Å²) in [5.74, 6) is 1.28. The number of benzene rings is 2. The number of phenolic OH excluding ortho intramolecular Hbond substituents is 2. The maximum atomic E-state index is 12.7. The molecule has 40 heavy (non-hydrogen) atoms. The molecule has 4 aliphatic heterocycles. The molecule has 2 aromatic rings. The molecule has 1 saturated heterocycles. The van der Waals surface area contributed by atoms with Crippen LogP contribution >= 0.6 is 0 Å². The summed E-state index contributed by atoms with van der Waals surface area (Å²) in [6, 6.07) is 3.29. The molecule has 4 aliphatic rings. The number of fused-ring (bicyclic) bond motifs is 9. The van der Waals surface area contributed by atoms with Crippen molar-refractivity contribution < 1.29 is 68.5 Å². The van der Waals surface area contributed by atoms with E-state index < -0.39 is 12.1 Å². The molecule has 0 aromatic heterocycles. The molecular weight excluding hydrogens is 723 g/mol. The summed E-state index contributed by atoms with van der Waals surface area (Å²) >= 11 is 0. The molecule has 2 aromatic carbocycles. The van der Waals surface area contributed by atoms with Crippen LogP contribution in [0.15, 0.2) is 6.07 Å². The minimum absolute atomic E-state index is 0. The van der Waals surface area contributed by atoms with Crippen LogP contribution in [0.25, 0.3) is 0 Å². The molecule has 4 heterocycles. The number of aryl methyl sites for hydroxylation is 1. The standard InChI is InChI=1S/C30H36N4O5.Ac/c1-13(2)30(37)32-11-22-24-18(26(35)16(5)28-29(24)39-12-38-28)9-20-25-23-17(7-14(3)15(4)27(23)36)8-19(33(25)6)21(10-31)34(20)22;/h7,13,19-22,25,35-36H,8-9,11-12H2,1-6H3,(H,32,37);/t19-,20?,21+,22+,25+;/m1./s1. The fourth-order valence-electron chi connectivity index (χ4n) is 7.31. The number of likely N-dealkylation sites (N-methyl/N-ethyl adjacent to an activating group) is 1. The third-order valence-corrected chi connectivity index (χ3v) is 9.46. The first-order chi connectivity index (χ1) is 18.6. The first kappa shape index (κ1) is 29.5. The summed E-state index contributed by atoms with van der Waals surface area (Å²) in [4.78, 5) is 17.2. The molecule has 0 aliphatic carbocycles. The van der Waals surface area contributed by atoms with E-state index in [0.717, 1.165) is 33.4 Å². The number of carbonyl (C=O) groups excluding carboxylic acids is 1. The molecular formula is C30H36AcN4O5. The zero-order valence-electron chi connectivity index (χ0n) is 23.9. The first-order valence-corrected chi connectivity index (χ1v) is 13.7. The van der Waals surface area contributed by atoms with E-state index in [-0.39, 0.29) is 93.1 Å². The number of ether oxygens (including phenoxy) is 2. The zero-order chi connectivity index (χ0) is 27.9. The van der Waals surface area contributed by atoms with Gasteiger partial charge in [0.2, 0.25) is 12.7 Å². The number of amides is 1. The Labute approximate surface area is 271 Å². The third kappa shape index (κ3) is 4.15. The van der Waals surface area contributed by atoms with Crippen molar-refractivity contribution in [1.82, 2.24) is 15.1 Å². The fourth-order valence-corrected chi connectivity index (χ4v) is 7.31. The Morgan fingerprint density at radius 3 is 2.48 bits per heavy atom. The van der Waals surface area contributed by atoms with Crippen LogP contribution in [0.3, 0.4) is 0 Å². The average molecular weight is 760 g/mol. The van der Waals surface area contributed by atoms with Crippen LogP contribution in [0.5, 0.6) is 23.0 Å². The van der Waals surface area contributed by atoms with Gasteiger partial charge in [-0.15, -0.1) is 0 Å². The van der Waals surface area contributed by atoms with Gasteiger partial charge in [0.15, 0.2) is 11.5 Å². The summed E-state index contributed by atoms with van der Waals surface area (Å²) in [5.41, 5.74) is 6.01. The van der Waals surface area contributed by atoms with Gasteiger partial charge < -0.3 is 25.0 Å². The summed E-state index contributed by atoms with van der Waals surface area (Å²) in [5, 5.41) is 36.6. The van der Waals surface area contributed by atoms with Gasteiger partial charge in [0.05, 0.1) is 18.2 Å². The van der Waals surface area contributed by atoms with E-state index >= 15 is 0 Å². The number of nitriles is 1. The van der Waals surface area contributed by atoms with Crippen molar-refractivity contribution in [2.24, 2.45) is 5.92 Å². The number of hydrogen-bond acceptors (Lipinski definition) is 8. The molecule has 9 nitrogen and oxygen atoms in total. The van der Waals surface area contributed by atoms with E-state index in [1.807, 2.05) is 41.7 Å². The van der Waals surface area contributed by atoms with Crippen molar-refractivity contribution in [1.29, 1.82) is 5.26 Å². The van der Waals surface area contributed by atoms with Crippen LogP contribution in [0, 0.1) is 82.1 Å². The summed E-state index contributed by atoms with van der Waals surface area (Å²) in [6.45, 7) is 9.76. The molecule has 1 amide bonds. The maximum absolute atomic E-state index is 12.7. The topological polar surface area (TPSA) is 118 Å². The van der Waals surface area contributed by atoms with Gasteiger partial charge in [-0.1, -0.05) is 19.9 Å². The monoisotopic (exact) mass is 759 g/mol. The largest absolute Gasteiger partial charge is 0.507 e. The first-order valence-electron chi connectivity index (χ1n) is 13.7. The van der Waals surface area contributed by atoms with Crippen LogP contribution in [0.1, 0.15) is 64.9 Å². The van der Waals surface area contributed by atoms with Crippen molar-refractivity contribution in [3.63, 3.8) is 0 Å². The molecule has 1 radical (unpaired) electrons. The van der Waals surface area contributed by atoms with E-state index in [2.05, 4.69) is 27.3 Å². The molecule has 3 N–H and O–H groups in total. The van der Waals surface area contributed by atoms with E-state index in [4.69, 9.17) is 9.47 Å². The number of nitrogens with one attached hydrogen (secondary N) is 1. The normalized spacial score (nSPS) is 26.3. The Morgan fingerprint density at radius 2 is 1.80 bits per heavy atom. The number of hydrogen-bond donors (Lipinski definition) is 3. The van der Waals surface area contributed by atoms with Crippen molar-refractivity contribution in [3.8, 4) is 29.1 Å². The molecule has 1 fully saturated rings. The second-order valence-electron chi connectivity index (χ2n) is 11.8. The van der Waals surface area contributed by atoms with E-state index in [1.165, 1.54) is 0 Å². The van der Waals surface area contributed by atoms with Crippen LogP contribution in [-0.2, 0) is 17.6 Å². The van der Waals surface area contributed by atoms with Crippen molar-refractivity contribution >= 4 is 5.91 Å². The van der Waals surface area contributed by atoms with Crippen LogP contribution < -0.4 is 14.8 Å². The van der Waals surface area contributed by atoms with Crippen molar-refractivity contribution in [2.75, 3.05) is 20.4 Å². The van der Waals surface area contributed by atoms with E-state index in [9.17, 15) is 20.3 Å². The smallest absolute Gasteiger partial charge is 0.231 e. The van der Waals surface area contributed by atoms with Gasteiger partial charge >= 0.3 is 0 Å². The predicted octanol–water partition coefficient (Wildman–Crippen LogP) is 3.30. The summed E-state index contributed by atoms with van der Waals surface area (Å²) in [7, 11) is 2.03. The van der Waals surface area contributed by atoms with Crippen molar-refractivity contribution in [2.45, 2.75) is 77.7 Å². The Hall–Kier alpha value is -2.04. The molecule has 5 atom stereocenters. The maximum Gasteiger partial charge on any atom is 0.231 e. The second kappa shape index (κ2) is 10.7. The Morgan fingerprint density at radius 1 is 1.10 bits per heavy atom. The number of phenols is 2. The van der Waals surface area contributed by atoms with Gasteiger partial charge in [0.25, 0.3) is 0 Å². The zero-order valence-corrected chi connectivity index (χ0v) is 28.7. The molecule has 10 heteroatoms. The van der Waals surface area contributed by atoms with Gasteiger partial charge in [-0.2, -0.15) is 5.26 Å². The van der Waals surface area contributed by atoms with Crippen molar-refractivity contribution in [3.05, 3.63) is 45.0 Å². The minimum Gasteiger partial charge on any atom is -0.507 e. The number of piperazine rings is 1. The van der Waals surface area contributed by atoms with Crippen LogP contribution in [0.2, 0.25) is 0 Å². The van der Waals surface area contributed by atoms with E-state index in [1.54, 1.807) is 0 Å². The minimum atomic E-state index is -0.483. The quantitative estimate of drug-likeness (QED) is 0.437. The van der Waals surface area contributed by atoms with Gasteiger partial charge in [-0.25, -0.2) is 0 Å². The number of nitrogens with zero attached hydrogens (tertiary/aromatic N) is 3. The average Bonchev–Trinajstić information content (AvgIpc) is 3.39. The molecule has 6 rings (SSSR count). The summed E-state index contributed by atoms with van der Waals surface area (Å²) in [6.07, 6.45) is 1.09. The Kier molecular flexibility index (Phi) is 7.85. The van der Waals surface area contributed by atoms with Gasteiger partial charge in [-0.3, -0.25) is 14.6 Å². The van der Waals surface area contributed by atoms with Crippen LogP contribution in [0.4, 0.5) is 0 Å². The van der Waals surface area contributed by atoms with Gasteiger partial charge in [-0.05, 0) is 57.4 Å². The SMILES string of the molecule is Cc1cc2c(c(O)c1C)[C@@H]1C3Cc4c(O)c(C)c5c(c4[C@H](CNC(=O)C(C)C)N3[C@@H](C#N)[C@@H](C2)N1C)OCO5.[Ac]. The predicted molar refractivity (Wildman–Crippen MR) is 144 cm³/mol.